The number of carbonyl (C=O) groups excluding carboxylic acids is 1. The van der Waals surface area contributed by atoms with Gasteiger partial charge in [0.1, 0.15) is 11.5 Å². The zero-order valence-electron chi connectivity index (χ0n) is 13.7. The molecule has 3 N–H and O–H groups in total. The Morgan fingerprint density at radius 2 is 1.58 bits per heavy atom. The quantitative estimate of drug-likeness (QED) is 0.524. The first kappa shape index (κ1) is 15.7. The van der Waals surface area contributed by atoms with Crippen molar-refractivity contribution in [2.45, 2.75) is 0 Å². The molecular weight excluding hydrogens is 330 g/mol. The standard InChI is InChI=1S/C20H15N3O3/c24-19(21-14-9-10-17-18(12-14)23-20(25)22-17)13-5-4-8-16(11-13)26-15-6-2-1-3-7-15/h1-12H,(H,21,24)(H2,22,23,25). The van der Waals surface area contributed by atoms with Crippen LogP contribution in [-0.2, 0) is 0 Å². The fourth-order valence-corrected chi connectivity index (χ4v) is 2.64. The number of imidazole rings is 1. The van der Waals surface area contributed by atoms with E-state index in [9.17, 15) is 9.59 Å². The van der Waals surface area contributed by atoms with Gasteiger partial charge in [-0.15, -0.1) is 0 Å². The Balaban J connectivity index is 1.53. The van der Waals surface area contributed by atoms with Crippen LogP contribution in [-0.4, -0.2) is 15.9 Å². The summed E-state index contributed by atoms with van der Waals surface area (Å²) in [6.45, 7) is 0. The highest BCUT2D eigenvalue weighted by Crippen LogP contribution is 2.22. The Morgan fingerprint density at radius 3 is 2.42 bits per heavy atom. The number of fused-ring (bicyclic) bond motifs is 1. The van der Waals surface area contributed by atoms with Gasteiger partial charge >= 0.3 is 5.69 Å². The minimum atomic E-state index is -0.283. The molecule has 0 aliphatic carbocycles. The van der Waals surface area contributed by atoms with Crippen LogP contribution in [0.1, 0.15) is 10.4 Å². The van der Waals surface area contributed by atoms with Crippen LogP contribution < -0.4 is 15.7 Å². The molecule has 0 aliphatic rings. The third-order valence-electron chi connectivity index (χ3n) is 3.85. The van der Waals surface area contributed by atoms with Gasteiger partial charge in [-0.1, -0.05) is 24.3 Å². The van der Waals surface area contributed by atoms with Crippen LogP contribution in [0.25, 0.3) is 11.0 Å². The molecule has 0 saturated carbocycles. The normalized spacial score (nSPS) is 10.6. The second-order valence-electron chi connectivity index (χ2n) is 5.74. The number of hydrogen-bond acceptors (Lipinski definition) is 3. The molecule has 6 nitrogen and oxygen atoms in total. The number of aromatic amines is 2. The SMILES string of the molecule is O=C(Nc1ccc2[nH]c(=O)[nH]c2c1)c1cccc(Oc2ccccc2)c1. The number of carbonyl (C=O) groups is 1. The van der Waals surface area contributed by atoms with Gasteiger partial charge in [0.05, 0.1) is 11.0 Å². The van der Waals surface area contributed by atoms with Crippen molar-refractivity contribution in [1.82, 2.24) is 9.97 Å². The van der Waals surface area contributed by atoms with Crippen LogP contribution in [0.15, 0.2) is 77.6 Å². The number of anilines is 1. The largest absolute Gasteiger partial charge is 0.457 e. The smallest absolute Gasteiger partial charge is 0.323 e. The summed E-state index contributed by atoms with van der Waals surface area (Å²) < 4.78 is 5.76. The average molecular weight is 345 g/mol. The van der Waals surface area contributed by atoms with E-state index in [1.165, 1.54) is 0 Å². The van der Waals surface area contributed by atoms with Crippen molar-refractivity contribution in [2.75, 3.05) is 5.32 Å². The van der Waals surface area contributed by atoms with Gasteiger partial charge in [0.25, 0.3) is 5.91 Å². The van der Waals surface area contributed by atoms with Crippen molar-refractivity contribution in [3.63, 3.8) is 0 Å². The number of nitrogens with one attached hydrogen (secondary N) is 3. The maximum Gasteiger partial charge on any atom is 0.323 e. The van der Waals surface area contributed by atoms with E-state index >= 15 is 0 Å². The zero-order valence-corrected chi connectivity index (χ0v) is 13.7. The lowest BCUT2D eigenvalue weighted by Gasteiger charge is -2.08. The van der Waals surface area contributed by atoms with Crippen molar-refractivity contribution < 1.29 is 9.53 Å². The van der Waals surface area contributed by atoms with Crippen LogP contribution >= 0.6 is 0 Å². The van der Waals surface area contributed by atoms with E-state index in [2.05, 4.69) is 15.3 Å². The predicted octanol–water partition coefficient (Wildman–Crippen LogP) is 3.90. The van der Waals surface area contributed by atoms with E-state index < -0.39 is 0 Å². The van der Waals surface area contributed by atoms with E-state index in [0.717, 1.165) is 0 Å². The molecule has 26 heavy (non-hydrogen) atoms. The maximum atomic E-state index is 12.5. The van der Waals surface area contributed by atoms with Gasteiger partial charge in [0.2, 0.25) is 0 Å². The molecule has 0 saturated heterocycles. The zero-order chi connectivity index (χ0) is 17.9. The minimum Gasteiger partial charge on any atom is -0.457 e. The summed E-state index contributed by atoms with van der Waals surface area (Å²) in [5.41, 5.74) is 2.10. The molecule has 4 aromatic rings. The van der Waals surface area contributed by atoms with Crippen molar-refractivity contribution in [3.05, 3.63) is 88.8 Å². The summed E-state index contributed by atoms with van der Waals surface area (Å²) in [5.74, 6) is 1.02. The van der Waals surface area contributed by atoms with Crippen LogP contribution in [0.4, 0.5) is 5.69 Å². The van der Waals surface area contributed by atoms with E-state index in [1.54, 1.807) is 42.5 Å². The van der Waals surface area contributed by atoms with Crippen molar-refractivity contribution in [1.29, 1.82) is 0 Å². The summed E-state index contributed by atoms with van der Waals surface area (Å²) >= 11 is 0. The first-order valence-corrected chi connectivity index (χ1v) is 8.04. The lowest BCUT2D eigenvalue weighted by atomic mass is 10.2. The number of para-hydroxylation sites is 1. The highest BCUT2D eigenvalue weighted by Gasteiger charge is 2.09. The topological polar surface area (TPSA) is 87.0 Å². The summed E-state index contributed by atoms with van der Waals surface area (Å²) in [7, 11) is 0. The molecule has 4 rings (SSSR count). The van der Waals surface area contributed by atoms with E-state index in [4.69, 9.17) is 4.74 Å². The molecule has 0 bridgehead atoms. The molecule has 0 radical (unpaired) electrons. The van der Waals surface area contributed by atoms with Gasteiger partial charge in [-0.25, -0.2) is 4.79 Å². The number of hydrogen-bond donors (Lipinski definition) is 3. The Bertz CT molecular complexity index is 1130. The second-order valence-corrected chi connectivity index (χ2v) is 5.74. The number of ether oxygens (including phenoxy) is 1. The molecular formula is C20H15N3O3. The fourth-order valence-electron chi connectivity index (χ4n) is 2.64. The number of H-pyrrole nitrogens is 2. The first-order chi connectivity index (χ1) is 12.7. The van der Waals surface area contributed by atoms with Gasteiger partial charge in [0, 0.05) is 11.3 Å². The molecule has 128 valence electrons. The molecule has 6 heteroatoms. The molecule has 1 aromatic heterocycles. The van der Waals surface area contributed by atoms with Gasteiger partial charge in [-0.05, 0) is 48.5 Å². The second kappa shape index (κ2) is 6.60. The molecule has 0 fully saturated rings. The van der Waals surface area contributed by atoms with Crippen LogP contribution in [0.5, 0.6) is 11.5 Å². The summed E-state index contributed by atoms with van der Waals surface area (Å²) in [5, 5.41) is 2.82. The lowest BCUT2D eigenvalue weighted by Crippen LogP contribution is -2.11. The van der Waals surface area contributed by atoms with E-state index in [0.29, 0.717) is 33.8 Å². The molecule has 0 atom stereocenters. The molecule has 3 aromatic carbocycles. The van der Waals surface area contributed by atoms with Crippen LogP contribution in [0.2, 0.25) is 0 Å². The van der Waals surface area contributed by atoms with E-state index in [-0.39, 0.29) is 11.6 Å². The van der Waals surface area contributed by atoms with Crippen molar-refractivity contribution >= 4 is 22.6 Å². The monoisotopic (exact) mass is 345 g/mol. The van der Waals surface area contributed by atoms with Gasteiger partial charge < -0.3 is 20.0 Å². The van der Waals surface area contributed by atoms with Crippen LogP contribution in [0, 0.1) is 0 Å². The Hall–Kier alpha value is -3.80. The highest BCUT2D eigenvalue weighted by molar-refractivity contribution is 6.05. The Kier molecular flexibility index (Phi) is 3.99. The Morgan fingerprint density at radius 1 is 0.808 bits per heavy atom. The van der Waals surface area contributed by atoms with Gasteiger partial charge in [-0.3, -0.25) is 4.79 Å². The lowest BCUT2D eigenvalue weighted by molar-refractivity contribution is 0.102. The average Bonchev–Trinajstić information content (AvgIpc) is 3.02. The Labute approximate surface area is 148 Å². The summed E-state index contributed by atoms with van der Waals surface area (Å²) in [6.07, 6.45) is 0. The van der Waals surface area contributed by atoms with Crippen LogP contribution in [0.3, 0.4) is 0 Å². The molecule has 0 spiro atoms. The summed E-state index contributed by atoms with van der Waals surface area (Å²) in [4.78, 5) is 29.2. The van der Waals surface area contributed by atoms with Crippen molar-refractivity contribution in [3.8, 4) is 11.5 Å². The van der Waals surface area contributed by atoms with E-state index in [1.807, 2.05) is 30.3 Å². The molecule has 1 amide bonds. The molecule has 1 heterocycles. The molecule has 0 unspecified atom stereocenters. The molecule has 0 aliphatic heterocycles. The van der Waals surface area contributed by atoms with Crippen molar-refractivity contribution in [2.24, 2.45) is 0 Å². The van der Waals surface area contributed by atoms with Gasteiger partial charge in [-0.2, -0.15) is 0 Å². The number of rotatable bonds is 4. The minimum absolute atomic E-state index is 0.263. The fraction of sp³-hybridized carbons (Fsp3) is 0. The maximum absolute atomic E-state index is 12.5. The summed E-state index contributed by atoms with van der Waals surface area (Å²) in [6, 6.07) is 21.5. The third-order valence-corrected chi connectivity index (χ3v) is 3.85. The first-order valence-electron chi connectivity index (χ1n) is 8.04. The number of aromatic nitrogens is 2. The highest BCUT2D eigenvalue weighted by atomic mass is 16.5. The predicted molar refractivity (Wildman–Crippen MR) is 99.8 cm³/mol. The van der Waals surface area contributed by atoms with Gasteiger partial charge in [0.15, 0.2) is 0 Å². The number of benzene rings is 3. The number of amides is 1. The third kappa shape index (κ3) is 3.34.